The molecule has 2 saturated carbocycles. The van der Waals surface area contributed by atoms with Crippen LogP contribution in [0.25, 0.3) is 11.5 Å². The first-order valence-electron chi connectivity index (χ1n) is 13.0. The molecule has 34 heavy (non-hydrogen) atoms. The van der Waals surface area contributed by atoms with Gasteiger partial charge in [0.05, 0.1) is 0 Å². The Hall–Kier alpha value is 1.93. The molecule has 2 aliphatic rings. The predicted molar refractivity (Wildman–Crippen MR) is 151 cm³/mol. The molecule has 0 aliphatic heterocycles. The predicted octanol–water partition coefficient (Wildman–Crippen LogP) is 11.4. The normalized spacial score (nSPS) is 36.5. The number of halogens is 2. The summed E-state index contributed by atoms with van der Waals surface area (Å²) >= 11 is 2.94. The summed E-state index contributed by atoms with van der Waals surface area (Å²) in [5.74, 6) is 9.35. The Balaban J connectivity index is -0.000000176. The molecule has 0 aromatic carbocycles. The number of hydrogen-bond donors (Lipinski definition) is 0. The molecule has 0 bridgehead atoms. The van der Waals surface area contributed by atoms with Gasteiger partial charge in [-0.05, 0) is 59.2 Å². The van der Waals surface area contributed by atoms with E-state index in [9.17, 15) is 0 Å². The van der Waals surface area contributed by atoms with Crippen molar-refractivity contribution in [1.29, 1.82) is 0 Å². The molecule has 0 aromatic rings. The van der Waals surface area contributed by atoms with E-state index in [1.54, 1.807) is 0 Å². The first kappa shape index (κ1) is 43.0. The van der Waals surface area contributed by atoms with Crippen molar-refractivity contribution in [1.82, 2.24) is 0 Å². The van der Waals surface area contributed by atoms with Crippen molar-refractivity contribution >= 4 is 18.6 Å². The van der Waals surface area contributed by atoms with Crippen LogP contribution in [0.5, 0.6) is 0 Å². The van der Waals surface area contributed by atoms with Gasteiger partial charge in [0.1, 0.15) is 0 Å². The molecule has 0 aromatic heterocycles. The van der Waals surface area contributed by atoms with Gasteiger partial charge in [-0.15, -0.1) is 11.1 Å². The van der Waals surface area contributed by atoms with Crippen LogP contribution in [-0.2, 0) is 38.7 Å². The fraction of sp³-hybridized carbons (Fsp3) is 1.00. The van der Waals surface area contributed by atoms with E-state index in [1.807, 2.05) is 41.5 Å². The van der Waals surface area contributed by atoms with Crippen molar-refractivity contribution in [3.63, 3.8) is 0 Å². The van der Waals surface area contributed by atoms with E-state index >= 15 is 0 Å². The molecule has 2 fully saturated rings. The molecule has 2 aliphatic carbocycles. The summed E-state index contributed by atoms with van der Waals surface area (Å²) in [4.78, 5) is 0. The fourth-order valence-corrected chi connectivity index (χ4v) is 4.79. The van der Waals surface area contributed by atoms with Gasteiger partial charge < -0.3 is 11.5 Å². The Morgan fingerprint density at radius 1 is 0.412 bits per heavy atom. The number of nitrogens with one attached hydrogen (secondary N) is 2. The third-order valence-electron chi connectivity index (χ3n) is 8.29. The Kier molecular flexibility index (Phi) is 26.4. The second-order valence-electron chi connectivity index (χ2n) is 13.1. The van der Waals surface area contributed by atoms with Crippen molar-refractivity contribution in [3.8, 4) is 0 Å². The van der Waals surface area contributed by atoms with Gasteiger partial charge in [0.25, 0.3) is 0 Å². The first-order chi connectivity index (χ1) is 15.1. The average molecular weight is 591 g/mol. The minimum atomic E-state index is -0.250. The molecule has 0 unspecified atom stereocenters. The third kappa shape index (κ3) is 20.9. The van der Waals surface area contributed by atoms with E-state index in [0.717, 1.165) is 59.2 Å². The van der Waals surface area contributed by atoms with Gasteiger partial charge in [-0.3, -0.25) is 0 Å². The summed E-state index contributed by atoms with van der Waals surface area (Å²) in [5.41, 5.74) is 13.4. The van der Waals surface area contributed by atoms with Crippen molar-refractivity contribution < 1.29 is 38.7 Å². The Labute approximate surface area is 248 Å². The molecule has 0 saturated heterocycles. The van der Waals surface area contributed by atoms with Crippen LogP contribution in [0.1, 0.15) is 111 Å². The average Bonchev–Trinajstić information content (AvgIpc) is 2.99. The topological polar surface area (TPSA) is 47.6 Å². The van der Waals surface area contributed by atoms with Crippen LogP contribution in [0.2, 0.25) is 0 Å². The van der Waals surface area contributed by atoms with E-state index in [-0.39, 0.29) is 11.1 Å². The summed E-state index contributed by atoms with van der Waals surface area (Å²) in [6.07, 6.45) is 0. The maximum atomic E-state index is 6.94. The number of hydrogen-bond acceptors (Lipinski definition) is 0. The Morgan fingerprint density at radius 3 is 0.471 bits per heavy atom. The molecule has 2 nitrogen and oxygen atoms in total. The van der Waals surface area contributed by atoms with E-state index in [2.05, 4.69) is 87.8 Å². The van der Waals surface area contributed by atoms with Crippen molar-refractivity contribution in [3.05, 3.63) is 11.5 Å². The van der Waals surface area contributed by atoms with E-state index in [1.165, 1.54) is 38.7 Å². The van der Waals surface area contributed by atoms with Crippen LogP contribution in [0, 0.1) is 59.2 Å². The summed E-state index contributed by atoms with van der Waals surface area (Å²) < 4.78 is 0. The standard InChI is InChI=1S/2C10H20.2C4H10N.2ClH.2Ti/c2*1-6-7(2)9(4)10(5)8(6)3;2*1-4(2,3)5;;;;/h2*6-10H,1-5H3;2*5H,1-3H3;2*1H;;/q;;2*-1;;;+2;+4/p-2. The zero-order chi connectivity index (χ0) is 28.8. The monoisotopic (exact) mass is 590 g/mol. The molecule has 0 radical (unpaired) electrons. The molecular formula is C28H60Cl2N2Ti2+2. The zero-order valence-electron chi connectivity index (χ0n) is 25.5. The van der Waals surface area contributed by atoms with Crippen LogP contribution < -0.4 is 0 Å². The summed E-state index contributed by atoms with van der Waals surface area (Å²) in [6.45, 7) is 35.1. The van der Waals surface area contributed by atoms with Gasteiger partial charge in [-0.2, -0.15) is 0 Å². The van der Waals surface area contributed by atoms with Gasteiger partial charge in [0.15, 0.2) is 0 Å². The molecule has 0 atom stereocenters. The zero-order valence-corrected chi connectivity index (χ0v) is 30.2. The van der Waals surface area contributed by atoms with Crippen LogP contribution >= 0.6 is 18.6 Å². The molecule has 2 rings (SSSR count). The third-order valence-corrected chi connectivity index (χ3v) is 8.29. The molecule has 0 amide bonds. The molecule has 0 heterocycles. The minimum absolute atomic E-state index is 0.250. The van der Waals surface area contributed by atoms with Crippen LogP contribution in [0.15, 0.2) is 0 Å². The summed E-state index contributed by atoms with van der Waals surface area (Å²) in [7, 11) is 9.28. The molecular weight excluding hydrogens is 531 g/mol. The van der Waals surface area contributed by atoms with Crippen molar-refractivity contribution in [2.24, 2.45) is 59.2 Å². The number of rotatable bonds is 0. The first-order valence-corrected chi connectivity index (χ1v) is 17.3. The molecule has 2 N–H and O–H groups in total. The summed E-state index contributed by atoms with van der Waals surface area (Å²) in [6, 6.07) is 0. The Morgan fingerprint density at radius 2 is 0.441 bits per heavy atom. The van der Waals surface area contributed by atoms with Crippen molar-refractivity contribution in [2.45, 2.75) is 122 Å². The molecule has 0 spiro atoms. The van der Waals surface area contributed by atoms with Gasteiger partial charge in [0, 0.05) is 0 Å². The van der Waals surface area contributed by atoms with E-state index in [4.69, 9.17) is 11.5 Å². The van der Waals surface area contributed by atoms with Crippen LogP contribution in [0.3, 0.4) is 0 Å². The molecule has 202 valence electrons. The van der Waals surface area contributed by atoms with Gasteiger partial charge in [-0.1, -0.05) is 111 Å². The van der Waals surface area contributed by atoms with E-state index in [0.29, 0.717) is 0 Å². The van der Waals surface area contributed by atoms with Crippen LogP contribution in [0.4, 0.5) is 0 Å². The summed E-state index contributed by atoms with van der Waals surface area (Å²) in [5, 5.41) is 0. The van der Waals surface area contributed by atoms with Gasteiger partial charge in [0.2, 0.25) is 0 Å². The quantitative estimate of drug-likeness (QED) is 0.252. The van der Waals surface area contributed by atoms with Gasteiger partial charge >= 0.3 is 57.4 Å². The van der Waals surface area contributed by atoms with Crippen molar-refractivity contribution in [2.75, 3.05) is 0 Å². The van der Waals surface area contributed by atoms with Gasteiger partial charge in [-0.25, -0.2) is 0 Å². The second kappa shape index (κ2) is 20.8. The van der Waals surface area contributed by atoms with Crippen LogP contribution in [-0.4, -0.2) is 11.1 Å². The molecule has 6 heteroatoms. The SMILES string of the molecule is CC(C)(C)[NH-].CC(C)(C)[NH-].CC1C(C)C(C)C(C)C1C.CC1C(C)C(C)C(C)C1C.[Cl][Ti+3].[Cl][Ti+]. The van der Waals surface area contributed by atoms with E-state index < -0.39 is 0 Å². The Bertz CT molecular complexity index is 323. The maximum absolute atomic E-state index is 6.94. The second-order valence-corrected chi connectivity index (χ2v) is 13.1. The fourth-order valence-electron chi connectivity index (χ4n) is 4.79.